The molecule has 7 heteroatoms. The van der Waals surface area contributed by atoms with Crippen LogP contribution in [0.25, 0.3) is 22.0 Å². The third-order valence-corrected chi connectivity index (χ3v) is 4.27. The van der Waals surface area contributed by atoms with E-state index in [1.54, 1.807) is 12.1 Å². The van der Waals surface area contributed by atoms with E-state index in [0.29, 0.717) is 22.0 Å². The van der Waals surface area contributed by atoms with Gasteiger partial charge in [-0.3, -0.25) is 0 Å². The summed E-state index contributed by atoms with van der Waals surface area (Å²) < 4.78 is 13.0. The number of benzene rings is 1. The van der Waals surface area contributed by atoms with Crippen molar-refractivity contribution in [2.75, 3.05) is 0 Å². The van der Waals surface area contributed by atoms with E-state index in [1.165, 1.54) is 23.5 Å². The Bertz CT molecular complexity index is 779. The van der Waals surface area contributed by atoms with Crippen LogP contribution in [-0.4, -0.2) is 15.0 Å². The number of thiazole rings is 1. The van der Waals surface area contributed by atoms with E-state index in [0.717, 1.165) is 5.69 Å². The Morgan fingerprint density at radius 2 is 1.62 bits per heavy atom. The maximum absolute atomic E-state index is 13.0. The molecule has 21 heavy (non-hydrogen) atoms. The fourth-order valence-corrected chi connectivity index (χ4v) is 3.15. The van der Waals surface area contributed by atoms with Crippen molar-refractivity contribution in [2.45, 2.75) is 6.92 Å². The number of aromatic nitrogens is 3. The van der Waals surface area contributed by atoms with Crippen LogP contribution in [0.2, 0.25) is 10.3 Å². The highest BCUT2D eigenvalue weighted by Gasteiger charge is 2.16. The molecule has 0 amide bonds. The zero-order chi connectivity index (χ0) is 15.0. The Labute approximate surface area is 134 Å². The standard InChI is InChI=1S/C14H8Cl2FN3S/c1-7-6-21-14(18-7)13-19-11(15)10(12(16)20-13)8-2-4-9(17)5-3-8/h2-6H,1H3. The second kappa shape index (κ2) is 5.67. The zero-order valence-corrected chi connectivity index (χ0v) is 13.1. The Hall–Kier alpha value is -1.56. The number of hydrogen-bond donors (Lipinski definition) is 0. The quantitative estimate of drug-likeness (QED) is 0.615. The van der Waals surface area contributed by atoms with E-state index >= 15 is 0 Å². The van der Waals surface area contributed by atoms with Crippen molar-refractivity contribution in [2.24, 2.45) is 0 Å². The summed E-state index contributed by atoms with van der Waals surface area (Å²) in [6.45, 7) is 1.89. The van der Waals surface area contributed by atoms with Crippen molar-refractivity contribution in [3.8, 4) is 22.0 Å². The molecule has 0 saturated carbocycles. The lowest BCUT2D eigenvalue weighted by Gasteiger charge is -2.07. The van der Waals surface area contributed by atoms with Crippen molar-refractivity contribution in [3.05, 3.63) is 51.5 Å². The minimum Gasteiger partial charge on any atom is -0.238 e. The molecule has 0 fully saturated rings. The van der Waals surface area contributed by atoms with Crippen molar-refractivity contribution < 1.29 is 4.39 Å². The Kier molecular flexibility index (Phi) is 3.89. The molecule has 1 aromatic carbocycles. The smallest absolute Gasteiger partial charge is 0.191 e. The van der Waals surface area contributed by atoms with Gasteiger partial charge in [0.25, 0.3) is 0 Å². The van der Waals surface area contributed by atoms with Gasteiger partial charge in [0.15, 0.2) is 10.8 Å². The van der Waals surface area contributed by atoms with Gasteiger partial charge in [0.1, 0.15) is 16.1 Å². The van der Waals surface area contributed by atoms with Gasteiger partial charge in [0.2, 0.25) is 0 Å². The van der Waals surface area contributed by atoms with Crippen molar-refractivity contribution in [1.29, 1.82) is 0 Å². The summed E-state index contributed by atoms with van der Waals surface area (Å²) in [5.74, 6) is 0.0516. The van der Waals surface area contributed by atoms with Crippen molar-refractivity contribution >= 4 is 34.5 Å². The van der Waals surface area contributed by atoms with Gasteiger partial charge in [-0.25, -0.2) is 19.3 Å². The lowest BCUT2D eigenvalue weighted by atomic mass is 10.1. The third kappa shape index (κ3) is 2.90. The number of aryl methyl sites for hydroxylation is 1. The molecule has 0 N–H and O–H groups in total. The average Bonchev–Trinajstić information content (AvgIpc) is 2.87. The van der Waals surface area contributed by atoms with Crippen LogP contribution in [0.3, 0.4) is 0 Å². The fraction of sp³-hybridized carbons (Fsp3) is 0.0714. The maximum Gasteiger partial charge on any atom is 0.191 e. The molecule has 0 aliphatic rings. The molecule has 2 heterocycles. The molecule has 0 atom stereocenters. The molecular formula is C14H8Cl2FN3S. The molecule has 0 unspecified atom stereocenters. The van der Waals surface area contributed by atoms with E-state index in [4.69, 9.17) is 23.2 Å². The van der Waals surface area contributed by atoms with Gasteiger partial charge in [-0.15, -0.1) is 11.3 Å². The highest BCUT2D eigenvalue weighted by Crippen LogP contribution is 2.34. The maximum atomic E-state index is 13.0. The first kappa shape index (κ1) is 14.4. The fourth-order valence-electron chi connectivity index (χ4n) is 1.81. The lowest BCUT2D eigenvalue weighted by Crippen LogP contribution is -1.94. The van der Waals surface area contributed by atoms with E-state index in [9.17, 15) is 4.39 Å². The van der Waals surface area contributed by atoms with Gasteiger partial charge in [0, 0.05) is 11.1 Å². The molecule has 0 bridgehead atoms. The van der Waals surface area contributed by atoms with Crippen LogP contribution in [0.5, 0.6) is 0 Å². The second-order valence-corrected chi connectivity index (χ2v) is 5.88. The minimum absolute atomic E-state index is 0.212. The van der Waals surface area contributed by atoms with E-state index in [1.807, 2.05) is 12.3 Å². The van der Waals surface area contributed by atoms with Gasteiger partial charge in [-0.05, 0) is 24.6 Å². The first-order valence-electron chi connectivity index (χ1n) is 5.96. The van der Waals surface area contributed by atoms with Crippen LogP contribution in [-0.2, 0) is 0 Å². The van der Waals surface area contributed by atoms with Crippen molar-refractivity contribution in [3.63, 3.8) is 0 Å². The van der Waals surface area contributed by atoms with Gasteiger partial charge in [-0.2, -0.15) is 0 Å². The van der Waals surface area contributed by atoms with Gasteiger partial charge in [-0.1, -0.05) is 35.3 Å². The summed E-state index contributed by atoms with van der Waals surface area (Å²) in [4.78, 5) is 12.8. The highest BCUT2D eigenvalue weighted by atomic mass is 35.5. The highest BCUT2D eigenvalue weighted by molar-refractivity contribution is 7.13. The summed E-state index contributed by atoms with van der Waals surface area (Å²) in [6.07, 6.45) is 0. The third-order valence-electron chi connectivity index (χ3n) is 2.76. The number of halogens is 3. The molecule has 0 saturated heterocycles. The van der Waals surface area contributed by atoms with Crippen LogP contribution in [0, 0.1) is 12.7 Å². The molecule has 2 aromatic heterocycles. The first-order chi connectivity index (χ1) is 10.0. The molecule has 106 valence electrons. The predicted molar refractivity (Wildman–Crippen MR) is 83.3 cm³/mol. The van der Waals surface area contributed by atoms with E-state index < -0.39 is 0 Å². The summed E-state index contributed by atoms with van der Waals surface area (Å²) in [5, 5.41) is 2.98. The number of rotatable bonds is 2. The normalized spacial score (nSPS) is 10.9. The largest absolute Gasteiger partial charge is 0.238 e. The molecule has 3 nitrogen and oxygen atoms in total. The Morgan fingerprint density at radius 3 is 2.14 bits per heavy atom. The van der Waals surface area contributed by atoms with Crippen LogP contribution in [0.15, 0.2) is 29.6 Å². The number of nitrogens with zero attached hydrogens (tertiary/aromatic N) is 3. The molecule has 0 aliphatic carbocycles. The van der Waals surface area contributed by atoms with Crippen molar-refractivity contribution in [1.82, 2.24) is 15.0 Å². The number of hydrogen-bond acceptors (Lipinski definition) is 4. The topological polar surface area (TPSA) is 38.7 Å². The van der Waals surface area contributed by atoms with Gasteiger partial charge in [0.05, 0.1) is 5.56 Å². The molecule has 3 rings (SSSR count). The molecule has 0 spiro atoms. The van der Waals surface area contributed by atoms with Crippen LogP contribution >= 0.6 is 34.5 Å². The van der Waals surface area contributed by atoms with Crippen LogP contribution in [0.4, 0.5) is 4.39 Å². The zero-order valence-electron chi connectivity index (χ0n) is 10.8. The monoisotopic (exact) mass is 339 g/mol. The minimum atomic E-state index is -0.332. The first-order valence-corrected chi connectivity index (χ1v) is 7.59. The summed E-state index contributed by atoms with van der Waals surface area (Å²) in [6, 6.07) is 5.83. The second-order valence-electron chi connectivity index (χ2n) is 4.30. The molecule has 3 aromatic rings. The Morgan fingerprint density at radius 1 is 1.00 bits per heavy atom. The Balaban J connectivity index is 2.10. The molecule has 0 aliphatic heterocycles. The van der Waals surface area contributed by atoms with Crippen LogP contribution in [0.1, 0.15) is 5.69 Å². The summed E-state index contributed by atoms with van der Waals surface area (Å²) >= 11 is 13.8. The predicted octanol–water partition coefficient (Wildman–Crippen LogP) is 5.02. The molecular weight excluding hydrogens is 332 g/mol. The summed E-state index contributed by atoms with van der Waals surface area (Å²) in [7, 11) is 0. The van der Waals surface area contributed by atoms with Gasteiger partial charge < -0.3 is 0 Å². The van der Waals surface area contributed by atoms with Crippen LogP contribution < -0.4 is 0 Å². The molecule has 0 radical (unpaired) electrons. The SMILES string of the molecule is Cc1csc(-c2nc(Cl)c(-c3ccc(F)cc3)c(Cl)n2)n1. The lowest BCUT2D eigenvalue weighted by molar-refractivity contribution is 0.628. The summed E-state index contributed by atoms with van der Waals surface area (Å²) in [5.41, 5.74) is 2.03. The van der Waals surface area contributed by atoms with E-state index in [-0.39, 0.29) is 16.1 Å². The van der Waals surface area contributed by atoms with E-state index in [2.05, 4.69) is 15.0 Å². The average molecular weight is 340 g/mol. The van der Waals surface area contributed by atoms with Gasteiger partial charge >= 0.3 is 0 Å².